The molecule has 180 valence electrons. The Morgan fingerprint density at radius 2 is 1.81 bits per heavy atom. The average molecular weight is 551 g/mol. The van der Waals surface area contributed by atoms with Crippen molar-refractivity contribution in [3.8, 4) is 17.1 Å². The number of ether oxygens (including phenoxy) is 1. The lowest BCUT2D eigenvalue weighted by molar-refractivity contribution is -0.384. The maximum atomic E-state index is 11.2. The van der Waals surface area contributed by atoms with Crippen LogP contribution in [0.3, 0.4) is 0 Å². The number of nitrogens with zero attached hydrogens (tertiary/aromatic N) is 6. The summed E-state index contributed by atoms with van der Waals surface area (Å²) < 4.78 is 16.7. The highest BCUT2D eigenvalue weighted by Gasteiger charge is 2.16. The average Bonchev–Trinajstić information content (AvgIpc) is 3.54. The summed E-state index contributed by atoms with van der Waals surface area (Å²) in [6, 6.07) is 15.1. The first-order chi connectivity index (χ1) is 17.5. The normalized spacial score (nSPS) is 11.2. The zero-order chi connectivity index (χ0) is 25.1. The number of fused-ring (bicyclic) bond motifs is 1. The third-order valence-electron chi connectivity index (χ3n) is 4.87. The highest BCUT2D eigenvalue weighted by Crippen LogP contribution is 2.34. The molecule has 5 rings (SSSR count). The van der Waals surface area contributed by atoms with Gasteiger partial charge in [0.2, 0.25) is 11.3 Å². The minimum Gasteiger partial charge on any atom is -0.496 e. The minimum absolute atomic E-state index is 0.0822. The van der Waals surface area contributed by atoms with Gasteiger partial charge in [-0.2, -0.15) is 10.1 Å². The van der Waals surface area contributed by atoms with Gasteiger partial charge in [-0.1, -0.05) is 15.9 Å². The van der Waals surface area contributed by atoms with Crippen LogP contribution in [0.2, 0.25) is 0 Å². The largest absolute Gasteiger partial charge is 0.496 e. The smallest absolute Gasteiger partial charge is 0.270 e. The van der Waals surface area contributed by atoms with E-state index in [-0.39, 0.29) is 22.8 Å². The molecule has 5 aromatic rings. The van der Waals surface area contributed by atoms with Crippen LogP contribution in [0.4, 0.5) is 23.0 Å². The van der Waals surface area contributed by atoms with E-state index in [0.717, 1.165) is 10.2 Å². The van der Waals surface area contributed by atoms with E-state index >= 15 is 0 Å². The zero-order valence-electron chi connectivity index (χ0n) is 18.4. The number of non-ortho nitro benzene ring substituents is 1. The summed E-state index contributed by atoms with van der Waals surface area (Å²) in [7, 11) is 1.47. The quantitative estimate of drug-likeness (QED) is 0.149. The SMILES string of the molecule is COc1ccc([N+](=O)[O-])cc1-c1ccc(/C=N/Nc2nc3nonc3nc2Nc2ccc(Br)cc2)o1. The van der Waals surface area contributed by atoms with Gasteiger partial charge < -0.3 is 14.5 Å². The third kappa shape index (κ3) is 4.83. The van der Waals surface area contributed by atoms with E-state index in [1.54, 1.807) is 12.1 Å². The first kappa shape index (κ1) is 22.9. The van der Waals surface area contributed by atoms with E-state index in [9.17, 15) is 10.1 Å². The Morgan fingerprint density at radius 3 is 2.53 bits per heavy atom. The Bertz CT molecular complexity index is 1580. The molecule has 3 heterocycles. The van der Waals surface area contributed by atoms with Crippen LogP contribution in [0.25, 0.3) is 22.6 Å². The molecule has 0 unspecified atom stereocenters. The van der Waals surface area contributed by atoms with Gasteiger partial charge in [-0.05, 0) is 52.8 Å². The predicted molar refractivity (Wildman–Crippen MR) is 133 cm³/mol. The molecular formula is C22H15BrN8O5. The summed E-state index contributed by atoms with van der Waals surface area (Å²) in [5, 5.41) is 25.9. The van der Waals surface area contributed by atoms with Crippen LogP contribution < -0.4 is 15.5 Å². The molecule has 2 N–H and O–H groups in total. The van der Waals surface area contributed by atoms with E-state index in [1.165, 1.54) is 31.5 Å². The molecule has 0 aliphatic heterocycles. The van der Waals surface area contributed by atoms with E-state index in [1.807, 2.05) is 24.3 Å². The summed E-state index contributed by atoms with van der Waals surface area (Å²) in [5.74, 6) is 1.81. The van der Waals surface area contributed by atoms with E-state index in [4.69, 9.17) is 13.8 Å². The fraction of sp³-hybridized carbons (Fsp3) is 0.0455. The molecule has 2 aromatic carbocycles. The van der Waals surface area contributed by atoms with Gasteiger partial charge in [0.1, 0.15) is 17.3 Å². The van der Waals surface area contributed by atoms with Crippen LogP contribution >= 0.6 is 15.9 Å². The van der Waals surface area contributed by atoms with Crippen molar-refractivity contribution < 1.29 is 18.7 Å². The van der Waals surface area contributed by atoms with Crippen LogP contribution in [-0.4, -0.2) is 38.5 Å². The van der Waals surface area contributed by atoms with Crippen molar-refractivity contribution in [2.75, 3.05) is 17.9 Å². The van der Waals surface area contributed by atoms with Gasteiger partial charge in [-0.3, -0.25) is 15.5 Å². The van der Waals surface area contributed by atoms with Crippen molar-refractivity contribution in [1.82, 2.24) is 20.3 Å². The Labute approximate surface area is 210 Å². The van der Waals surface area contributed by atoms with Gasteiger partial charge in [0.15, 0.2) is 11.6 Å². The number of aromatic nitrogens is 4. The van der Waals surface area contributed by atoms with Crippen LogP contribution in [0.5, 0.6) is 5.75 Å². The number of furan rings is 1. The third-order valence-corrected chi connectivity index (χ3v) is 5.40. The summed E-state index contributed by atoms with van der Waals surface area (Å²) in [4.78, 5) is 19.4. The van der Waals surface area contributed by atoms with Gasteiger partial charge in [0.05, 0.1) is 23.8 Å². The summed E-state index contributed by atoms with van der Waals surface area (Å²) >= 11 is 3.40. The van der Waals surface area contributed by atoms with E-state index in [0.29, 0.717) is 28.7 Å². The van der Waals surface area contributed by atoms with Gasteiger partial charge >= 0.3 is 0 Å². The molecule has 0 amide bonds. The Hall–Kier alpha value is -4.85. The van der Waals surface area contributed by atoms with E-state index in [2.05, 4.69) is 52.1 Å². The molecular weight excluding hydrogens is 536 g/mol. The number of halogens is 1. The van der Waals surface area contributed by atoms with Gasteiger partial charge in [-0.15, -0.1) is 0 Å². The van der Waals surface area contributed by atoms with Crippen molar-refractivity contribution >= 4 is 56.4 Å². The molecule has 36 heavy (non-hydrogen) atoms. The second-order valence-electron chi connectivity index (χ2n) is 7.18. The summed E-state index contributed by atoms with van der Waals surface area (Å²) in [6.07, 6.45) is 1.42. The van der Waals surface area contributed by atoms with Crippen molar-refractivity contribution in [3.05, 3.63) is 74.9 Å². The highest BCUT2D eigenvalue weighted by atomic mass is 79.9. The molecule has 3 aromatic heterocycles. The molecule has 13 nitrogen and oxygen atoms in total. The summed E-state index contributed by atoms with van der Waals surface area (Å²) in [5.41, 5.74) is 4.36. The lowest BCUT2D eigenvalue weighted by Crippen LogP contribution is -2.03. The Morgan fingerprint density at radius 1 is 1.06 bits per heavy atom. The number of methoxy groups -OCH3 is 1. The lowest BCUT2D eigenvalue weighted by Gasteiger charge is -2.09. The minimum atomic E-state index is -0.486. The van der Waals surface area contributed by atoms with E-state index < -0.39 is 4.92 Å². The van der Waals surface area contributed by atoms with Crippen molar-refractivity contribution in [2.24, 2.45) is 5.10 Å². The van der Waals surface area contributed by atoms with Gasteiger partial charge in [0.25, 0.3) is 5.69 Å². The molecule has 14 heteroatoms. The van der Waals surface area contributed by atoms with Crippen LogP contribution in [0.1, 0.15) is 5.76 Å². The molecule has 0 aliphatic carbocycles. The first-order valence-electron chi connectivity index (χ1n) is 10.2. The highest BCUT2D eigenvalue weighted by molar-refractivity contribution is 9.10. The van der Waals surface area contributed by atoms with Crippen LogP contribution in [0.15, 0.2) is 73.2 Å². The molecule has 0 saturated heterocycles. The van der Waals surface area contributed by atoms with Crippen molar-refractivity contribution in [3.63, 3.8) is 0 Å². The maximum absolute atomic E-state index is 11.2. The Kier molecular flexibility index (Phi) is 6.23. The number of nitrogens with one attached hydrogen (secondary N) is 2. The number of nitro groups is 1. The molecule has 0 radical (unpaired) electrons. The predicted octanol–water partition coefficient (Wildman–Crippen LogP) is 5.14. The molecule has 0 bridgehead atoms. The van der Waals surface area contributed by atoms with Crippen LogP contribution in [-0.2, 0) is 0 Å². The number of nitro benzene ring substituents is 1. The van der Waals surface area contributed by atoms with Crippen molar-refractivity contribution in [1.29, 1.82) is 0 Å². The van der Waals surface area contributed by atoms with Crippen molar-refractivity contribution in [2.45, 2.75) is 0 Å². The molecule has 0 fully saturated rings. The standard InChI is InChI=1S/C22H15BrN8O5/c1-34-17-8-6-14(31(32)33)10-16(17)18-9-7-15(35-18)11-24-28-20-19(25-13-4-2-12(23)3-5-13)26-21-22(27-20)30-36-29-21/h2-11H,1H3,(H,25,26,29)(H,27,28,30)/b24-11+. The van der Waals surface area contributed by atoms with Gasteiger partial charge in [0, 0.05) is 22.3 Å². The molecule has 0 saturated carbocycles. The fourth-order valence-corrected chi connectivity index (χ4v) is 3.46. The monoisotopic (exact) mass is 550 g/mol. The number of hydrogen-bond acceptors (Lipinski definition) is 12. The second kappa shape index (κ2) is 9.79. The fourth-order valence-electron chi connectivity index (χ4n) is 3.20. The number of anilines is 3. The molecule has 0 aliphatic rings. The summed E-state index contributed by atoms with van der Waals surface area (Å²) in [6.45, 7) is 0. The first-order valence-corrected chi connectivity index (χ1v) is 11.0. The zero-order valence-corrected chi connectivity index (χ0v) is 20.0. The second-order valence-corrected chi connectivity index (χ2v) is 8.09. The van der Waals surface area contributed by atoms with Gasteiger partial charge in [-0.25, -0.2) is 9.61 Å². The topological polar surface area (TPSA) is 167 Å². The maximum Gasteiger partial charge on any atom is 0.270 e. The molecule has 0 atom stereocenters. The number of benzene rings is 2. The number of rotatable bonds is 8. The van der Waals surface area contributed by atoms with Crippen LogP contribution in [0, 0.1) is 10.1 Å². The number of hydrazone groups is 1. The molecule has 0 spiro atoms. The Balaban J connectivity index is 1.39. The number of hydrogen-bond donors (Lipinski definition) is 2. The lowest BCUT2D eigenvalue weighted by atomic mass is 10.1.